The number of tetrazole rings is 1. The lowest BCUT2D eigenvalue weighted by Crippen LogP contribution is -2.53. The minimum atomic E-state index is -0.149. The van der Waals surface area contributed by atoms with Crippen molar-refractivity contribution in [2.24, 2.45) is 0 Å². The second-order valence-corrected chi connectivity index (χ2v) is 9.25. The first kappa shape index (κ1) is 26.1. The summed E-state index contributed by atoms with van der Waals surface area (Å²) in [6.45, 7) is 6.93. The van der Waals surface area contributed by atoms with Gasteiger partial charge in [0.15, 0.2) is 17.3 Å². The standard InChI is InChI=1S/C26H31N9O4/c1-17(2)39-19-6-4-18(5-7-19)26(36)31-35-11-9-34(10-12-35)25-20-14-22(37-3)23(15-21(20)27-16-28-25)38-13-8-24-29-32-33-30-24/h4-7,14-17H,8-13H2,1-3H3,(H,31,36)(H,29,30,32,33). The molecular weight excluding hydrogens is 502 g/mol. The van der Waals surface area contributed by atoms with Crippen LogP contribution in [0.4, 0.5) is 5.82 Å². The molecule has 0 unspecified atom stereocenters. The third-order valence-corrected chi connectivity index (χ3v) is 6.20. The zero-order chi connectivity index (χ0) is 27.2. The van der Waals surface area contributed by atoms with E-state index in [0.717, 1.165) is 22.5 Å². The van der Waals surface area contributed by atoms with Crippen LogP contribution >= 0.6 is 0 Å². The summed E-state index contributed by atoms with van der Waals surface area (Å²) in [7, 11) is 1.60. The van der Waals surface area contributed by atoms with Gasteiger partial charge in [0.2, 0.25) is 0 Å². The Labute approximate surface area is 225 Å². The lowest BCUT2D eigenvalue weighted by Gasteiger charge is -2.35. The van der Waals surface area contributed by atoms with Crippen LogP contribution in [0, 0.1) is 0 Å². The van der Waals surface area contributed by atoms with E-state index in [1.54, 1.807) is 25.6 Å². The Bertz CT molecular complexity index is 1390. The number of hydrazine groups is 1. The van der Waals surface area contributed by atoms with Crippen molar-refractivity contribution in [2.75, 3.05) is 44.8 Å². The molecule has 0 bridgehead atoms. The lowest BCUT2D eigenvalue weighted by molar-refractivity contribution is 0.0777. The van der Waals surface area contributed by atoms with E-state index in [1.165, 1.54) is 0 Å². The Morgan fingerprint density at radius 3 is 2.56 bits per heavy atom. The van der Waals surface area contributed by atoms with E-state index >= 15 is 0 Å². The van der Waals surface area contributed by atoms with Crippen LogP contribution in [-0.2, 0) is 6.42 Å². The number of fused-ring (bicyclic) bond motifs is 1. The van der Waals surface area contributed by atoms with Gasteiger partial charge in [-0.15, -0.1) is 10.2 Å². The third kappa shape index (κ3) is 6.32. The van der Waals surface area contributed by atoms with Crippen molar-refractivity contribution >= 4 is 22.6 Å². The second kappa shape index (κ2) is 11.9. The highest BCUT2D eigenvalue weighted by Gasteiger charge is 2.22. The van der Waals surface area contributed by atoms with Gasteiger partial charge in [0.05, 0.1) is 25.3 Å². The number of piperazine rings is 1. The Hall–Kier alpha value is -4.52. The van der Waals surface area contributed by atoms with Crippen LogP contribution in [0.2, 0.25) is 0 Å². The number of benzene rings is 2. The normalized spacial score (nSPS) is 14.0. The van der Waals surface area contributed by atoms with Gasteiger partial charge in [0.1, 0.15) is 17.9 Å². The molecule has 4 aromatic rings. The average molecular weight is 534 g/mol. The van der Waals surface area contributed by atoms with Gasteiger partial charge in [-0.1, -0.05) is 5.21 Å². The fraction of sp³-hybridized carbons (Fsp3) is 0.385. The molecule has 1 aliphatic rings. The number of nitrogens with one attached hydrogen (secondary N) is 2. The van der Waals surface area contributed by atoms with Crippen molar-refractivity contribution in [3.63, 3.8) is 0 Å². The first-order chi connectivity index (χ1) is 19.0. The second-order valence-electron chi connectivity index (χ2n) is 9.25. The SMILES string of the molecule is COc1cc2c(N3CCN(NC(=O)c4ccc(OC(C)C)cc4)CC3)ncnc2cc1OCCc1nn[nH]n1. The number of anilines is 1. The molecule has 0 atom stereocenters. The molecule has 3 heterocycles. The molecule has 1 amide bonds. The highest BCUT2D eigenvalue weighted by molar-refractivity contribution is 5.94. The average Bonchev–Trinajstić information content (AvgIpc) is 3.46. The zero-order valence-electron chi connectivity index (χ0n) is 22.1. The summed E-state index contributed by atoms with van der Waals surface area (Å²) in [5.41, 5.74) is 4.33. The number of hydrogen-bond acceptors (Lipinski definition) is 11. The van der Waals surface area contributed by atoms with Crippen LogP contribution in [0.15, 0.2) is 42.7 Å². The summed E-state index contributed by atoms with van der Waals surface area (Å²) in [4.78, 5) is 24.0. The molecule has 39 heavy (non-hydrogen) atoms. The number of hydrogen-bond donors (Lipinski definition) is 2. The summed E-state index contributed by atoms with van der Waals surface area (Å²) in [6, 6.07) is 10.9. The van der Waals surface area contributed by atoms with Crippen molar-refractivity contribution in [3.8, 4) is 17.2 Å². The molecule has 2 N–H and O–H groups in total. The number of H-pyrrole nitrogens is 1. The van der Waals surface area contributed by atoms with Gasteiger partial charge in [0, 0.05) is 49.6 Å². The predicted octanol–water partition coefficient (Wildman–Crippen LogP) is 2.03. The Balaban J connectivity index is 1.21. The summed E-state index contributed by atoms with van der Waals surface area (Å²) in [5.74, 6) is 3.14. The molecule has 0 spiro atoms. The zero-order valence-corrected chi connectivity index (χ0v) is 22.1. The van der Waals surface area contributed by atoms with Gasteiger partial charge in [-0.2, -0.15) is 5.21 Å². The molecule has 0 saturated carbocycles. The number of ether oxygens (including phenoxy) is 3. The molecular formula is C26H31N9O4. The van der Waals surface area contributed by atoms with E-state index in [-0.39, 0.29) is 12.0 Å². The van der Waals surface area contributed by atoms with Gasteiger partial charge in [-0.05, 0) is 44.2 Å². The molecule has 13 nitrogen and oxygen atoms in total. The minimum Gasteiger partial charge on any atom is -0.493 e. The maximum absolute atomic E-state index is 12.8. The fourth-order valence-electron chi connectivity index (χ4n) is 4.31. The Kier molecular flexibility index (Phi) is 7.96. The summed E-state index contributed by atoms with van der Waals surface area (Å²) in [5, 5.41) is 16.6. The number of amides is 1. The molecule has 2 aromatic heterocycles. The first-order valence-electron chi connectivity index (χ1n) is 12.8. The number of aromatic nitrogens is 6. The fourth-order valence-corrected chi connectivity index (χ4v) is 4.31. The summed E-state index contributed by atoms with van der Waals surface area (Å²) >= 11 is 0. The lowest BCUT2D eigenvalue weighted by atomic mass is 10.2. The van der Waals surface area contributed by atoms with Crippen LogP contribution in [0.1, 0.15) is 30.0 Å². The predicted molar refractivity (Wildman–Crippen MR) is 143 cm³/mol. The quantitative estimate of drug-likeness (QED) is 0.309. The van der Waals surface area contributed by atoms with Crippen LogP contribution in [0.3, 0.4) is 0 Å². The maximum Gasteiger partial charge on any atom is 0.265 e. The van der Waals surface area contributed by atoms with Crippen LogP contribution in [-0.4, -0.2) is 87.5 Å². The molecule has 1 saturated heterocycles. The monoisotopic (exact) mass is 533 g/mol. The number of aromatic amines is 1. The van der Waals surface area contributed by atoms with E-state index in [2.05, 4.69) is 40.9 Å². The van der Waals surface area contributed by atoms with Crippen molar-refractivity contribution in [2.45, 2.75) is 26.4 Å². The molecule has 1 fully saturated rings. The maximum atomic E-state index is 12.8. The number of carbonyl (C=O) groups excluding carboxylic acids is 1. The molecule has 0 radical (unpaired) electrons. The number of methoxy groups -OCH3 is 1. The van der Waals surface area contributed by atoms with Gasteiger partial charge in [0.25, 0.3) is 5.91 Å². The van der Waals surface area contributed by atoms with Gasteiger partial charge in [-0.25, -0.2) is 15.0 Å². The molecule has 5 rings (SSSR count). The van der Waals surface area contributed by atoms with Gasteiger partial charge in [-0.3, -0.25) is 10.2 Å². The first-order valence-corrected chi connectivity index (χ1v) is 12.8. The van der Waals surface area contributed by atoms with E-state index in [1.807, 2.05) is 43.1 Å². The van der Waals surface area contributed by atoms with Gasteiger partial charge >= 0.3 is 0 Å². The highest BCUT2D eigenvalue weighted by atomic mass is 16.5. The summed E-state index contributed by atoms with van der Waals surface area (Å²) < 4.78 is 17.2. The molecule has 0 aliphatic carbocycles. The van der Waals surface area contributed by atoms with Crippen molar-refractivity contribution in [3.05, 3.63) is 54.1 Å². The van der Waals surface area contributed by atoms with E-state index < -0.39 is 0 Å². The van der Waals surface area contributed by atoms with E-state index in [9.17, 15) is 4.79 Å². The van der Waals surface area contributed by atoms with Crippen molar-refractivity contribution in [1.82, 2.24) is 41.0 Å². The largest absolute Gasteiger partial charge is 0.493 e. The molecule has 1 aliphatic heterocycles. The minimum absolute atomic E-state index is 0.0816. The summed E-state index contributed by atoms with van der Waals surface area (Å²) in [6.07, 6.45) is 2.14. The highest BCUT2D eigenvalue weighted by Crippen LogP contribution is 2.35. The Morgan fingerprint density at radius 1 is 1.08 bits per heavy atom. The number of nitrogens with zero attached hydrogens (tertiary/aromatic N) is 7. The Morgan fingerprint density at radius 2 is 1.87 bits per heavy atom. The van der Waals surface area contributed by atoms with Crippen LogP contribution < -0.4 is 24.5 Å². The van der Waals surface area contributed by atoms with Gasteiger partial charge < -0.3 is 19.1 Å². The third-order valence-electron chi connectivity index (χ3n) is 6.20. The molecule has 2 aromatic carbocycles. The topological polar surface area (TPSA) is 144 Å². The van der Waals surface area contributed by atoms with Crippen LogP contribution in [0.5, 0.6) is 17.2 Å². The van der Waals surface area contributed by atoms with E-state index in [0.29, 0.717) is 62.1 Å². The van der Waals surface area contributed by atoms with Crippen molar-refractivity contribution in [1.29, 1.82) is 0 Å². The van der Waals surface area contributed by atoms with Crippen molar-refractivity contribution < 1.29 is 19.0 Å². The number of carbonyl (C=O) groups is 1. The number of rotatable bonds is 10. The van der Waals surface area contributed by atoms with Crippen LogP contribution in [0.25, 0.3) is 10.9 Å². The smallest absolute Gasteiger partial charge is 0.265 e. The molecule has 13 heteroatoms. The molecule has 204 valence electrons. The van der Waals surface area contributed by atoms with E-state index in [4.69, 9.17) is 14.2 Å².